The fourth-order valence-corrected chi connectivity index (χ4v) is 5.30. The van der Waals surface area contributed by atoms with Crippen molar-refractivity contribution in [3.05, 3.63) is 68.1 Å². The Morgan fingerprint density at radius 2 is 1.74 bits per heavy atom. The first-order valence-electron chi connectivity index (χ1n) is 10.3. The Labute approximate surface area is 190 Å². The quantitative estimate of drug-likeness (QED) is 0.565. The summed E-state index contributed by atoms with van der Waals surface area (Å²) < 4.78 is 1.48. The predicted molar refractivity (Wildman–Crippen MR) is 123 cm³/mol. The minimum absolute atomic E-state index is 0.141. The van der Waals surface area contributed by atoms with E-state index in [0.717, 1.165) is 37.7 Å². The van der Waals surface area contributed by atoms with E-state index in [1.165, 1.54) is 10.1 Å². The molecular formula is C23H21Cl2N5O. The van der Waals surface area contributed by atoms with Crippen LogP contribution in [0.25, 0.3) is 11.0 Å². The fraction of sp³-hybridized carbons (Fsp3) is 0.348. The zero-order valence-corrected chi connectivity index (χ0v) is 18.6. The minimum Gasteiger partial charge on any atom is -0.368 e. The van der Waals surface area contributed by atoms with Gasteiger partial charge >= 0.3 is 0 Å². The van der Waals surface area contributed by atoms with E-state index in [0.29, 0.717) is 33.7 Å². The molecule has 2 atom stereocenters. The first-order valence-corrected chi connectivity index (χ1v) is 11.0. The highest BCUT2D eigenvalue weighted by molar-refractivity contribution is 6.30. The molecular weight excluding hydrogens is 433 g/mol. The molecule has 0 amide bonds. The van der Waals surface area contributed by atoms with Gasteiger partial charge in [-0.25, -0.2) is 4.98 Å². The lowest BCUT2D eigenvalue weighted by molar-refractivity contribution is 0.309. The van der Waals surface area contributed by atoms with Crippen molar-refractivity contribution in [1.29, 1.82) is 5.26 Å². The summed E-state index contributed by atoms with van der Waals surface area (Å²) >= 11 is 12.2. The molecule has 0 aliphatic carbocycles. The number of pyridine rings is 2. The molecule has 3 aromatic rings. The van der Waals surface area contributed by atoms with Crippen LogP contribution in [0.15, 0.2) is 41.2 Å². The number of rotatable bonds is 3. The monoisotopic (exact) mass is 453 g/mol. The lowest BCUT2D eigenvalue weighted by Gasteiger charge is -2.25. The highest BCUT2D eigenvalue weighted by Gasteiger charge is 2.41. The van der Waals surface area contributed by atoms with Gasteiger partial charge in [-0.15, -0.1) is 0 Å². The van der Waals surface area contributed by atoms with Gasteiger partial charge in [0.1, 0.15) is 22.3 Å². The molecule has 0 N–H and O–H groups in total. The molecule has 0 saturated carbocycles. The van der Waals surface area contributed by atoms with Crippen LogP contribution < -0.4 is 10.5 Å². The molecule has 2 fully saturated rings. The second kappa shape index (κ2) is 7.83. The molecule has 0 bridgehead atoms. The Bertz CT molecular complexity index is 1250. The fourth-order valence-electron chi connectivity index (χ4n) is 5.03. The molecule has 0 radical (unpaired) electrons. The summed E-state index contributed by atoms with van der Waals surface area (Å²) in [5.41, 5.74) is 3.03. The highest BCUT2D eigenvalue weighted by atomic mass is 35.5. The molecule has 2 aliphatic rings. The molecule has 2 aliphatic heterocycles. The lowest BCUT2D eigenvalue weighted by Crippen LogP contribution is -2.32. The van der Waals surface area contributed by atoms with Crippen molar-refractivity contribution in [1.82, 2.24) is 14.5 Å². The number of fused-ring (bicyclic) bond motifs is 2. The summed E-state index contributed by atoms with van der Waals surface area (Å²) in [6.07, 6.45) is 0. The summed E-state index contributed by atoms with van der Waals surface area (Å²) in [5, 5.41) is 10.9. The number of likely N-dealkylation sites (tertiary alicyclic amines) is 1. The largest absolute Gasteiger partial charge is 0.368 e. The van der Waals surface area contributed by atoms with Crippen molar-refractivity contribution in [3.8, 4) is 6.07 Å². The molecule has 31 heavy (non-hydrogen) atoms. The molecule has 158 valence electrons. The van der Waals surface area contributed by atoms with Crippen molar-refractivity contribution in [2.45, 2.75) is 6.54 Å². The van der Waals surface area contributed by atoms with E-state index in [1.54, 1.807) is 19.2 Å². The van der Waals surface area contributed by atoms with Crippen molar-refractivity contribution in [2.75, 3.05) is 31.1 Å². The third kappa shape index (κ3) is 3.57. The Balaban J connectivity index is 1.42. The topological polar surface area (TPSA) is 65.2 Å². The van der Waals surface area contributed by atoms with Crippen molar-refractivity contribution < 1.29 is 0 Å². The van der Waals surface area contributed by atoms with Gasteiger partial charge in [-0.3, -0.25) is 9.69 Å². The smallest absolute Gasteiger partial charge is 0.270 e. The Hall–Kier alpha value is -2.59. The average Bonchev–Trinajstić information content (AvgIpc) is 3.30. The van der Waals surface area contributed by atoms with Crippen LogP contribution in [0.4, 0.5) is 5.69 Å². The summed E-state index contributed by atoms with van der Waals surface area (Å²) in [5.74, 6) is 0.967. The molecule has 4 heterocycles. The summed E-state index contributed by atoms with van der Waals surface area (Å²) in [6.45, 7) is 4.48. The number of hydrogen-bond donors (Lipinski definition) is 0. The van der Waals surface area contributed by atoms with E-state index in [1.807, 2.05) is 12.1 Å². The lowest BCUT2D eigenvalue weighted by atomic mass is 10.0. The van der Waals surface area contributed by atoms with Crippen molar-refractivity contribution in [2.24, 2.45) is 18.9 Å². The van der Waals surface area contributed by atoms with Gasteiger partial charge in [-0.05, 0) is 41.7 Å². The van der Waals surface area contributed by atoms with E-state index in [-0.39, 0.29) is 11.1 Å². The van der Waals surface area contributed by atoms with Crippen molar-refractivity contribution in [3.63, 3.8) is 0 Å². The predicted octanol–water partition coefficient (Wildman–Crippen LogP) is 3.68. The van der Waals surface area contributed by atoms with E-state index < -0.39 is 0 Å². The van der Waals surface area contributed by atoms with Gasteiger partial charge in [0.05, 0.1) is 11.2 Å². The van der Waals surface area contributed by atoms with Crippen LogP contribution >= 0.6 is 23.2 Å². The van der Waals surface area contributed by atoms with E-state index in [9.17, 15) is 10.1 Å². The Morgan fingerprint density at radius 1 is 1.06 bits per heavy atom. The van der Waals surface area contributed by atoms with E-state index >= 15 is 0 Å². The minimum atomic E-state index is -0.296. The number of aromatic nitrogens is 2. The van der Waals surface area contributed by atoms with Crippen LogP contribution in [0.3, 0.4) is 0 Å². The molecule has 1 aromatic carbocycles. The first kappa shape index (κ1) is 20.3. The van der Waals surface area contributed by atoms with Gasteiger partial charge in [0, 0.05) is 44.8 Å². The Morgan fingerprint density at radius 3 is 2.39 bits per heavy atom. The third-order valence-electron chi connectivity index (χ3n) is 6.49. The number of halogens is 2. The molecule has 1 unspecified atom stereocenters. The van der Waals surface area contributed by atoms with Gasteiger partial charge < -0.3 is 9.47 Å². The number of anilines is 1. The molecule has 6 nitrogen and oxygen atoms in total. The first-order chi connectivity index (χ1) is 14.9. The number of aryl methyl sites for hydroxylation is 1. The summed E-state index contributed by atoms with van der Waals surface area (Å²) in [6, 6.07) is 13.6. The van der Waals surface area contributed by atoms with E-state index in [2.05, 4.69) is 33.0 Å². The van der Waals surface area contributed by atoms with E-state index in [4.69, 9.17) is 23.2 Å². The molecule has 2 saturated heterocycles. The standard InChI is InChI=1S/C23H21Cl2N5O/c1-28-19-6-7-20(25)27-21(19)22(18(8-26)23(28)31)30-12-15-10-29(11-16(15)13-30)9-14-2-4-17(24)5-3-14/h2-7,15-16H,9-13H2,1H3/t15-,16?/m1/s1. The zero-order valence-electron chi connectivity index (χ0n) is 17.1. The Kier molecular flexibility index (Phi) is 5.13. The zero-order chi connectivity index (χ0) is 21.7. The van der Waals surface area contributed by atoms with Crippen molar-refractivity contribution >= 4 is 39.9 Å². The maximum atomic E-state index is 12.8. The number of benzene rings is 1. The van der Waals surface area contributed by atoms with Gasteiger partial charge in [0.25, 0.3) is 5.56 Å². The molecule has 5 rings (SSSR count). The molecule has 8 heteroatoms. The second-order valence-electron chi connectivity index (χ2n) is 8.45. The van der Waals surface area contributed by atoms with Crippen LogP contribution in [0.2, 0.25) is 10.2 Å². The van der Waals surface area contributed by atoms with Crippen LogP contribution in [0.5, 0.6) is 0 Å². The van der Waals surface area contributed by atoms with Crippen LogP contribution in [0.1, 0.15) is 11.1 Å². The van der Waals surface area contributed by atoms with Crippen LogP contribution in [-0.4, -0.2) is 40.6 Å². The number of nitriles is 1. The van der Waals surface area contributed by atoms with Gasteiger partial charge in [-0.1, -0.05) is 35.3 Å². The maximum absolute atomic E-state index is 12.8. The maximum Gasteiger partial charge on any atom is 0.270 e. The average molecular weight is 454 g/mol. The third-order valence-corrected chi connectivity index (χ3v) is 6.95. The van der Waals surface area contributed by atoms with Gasteiger partial charge in [-0.2, -0.15) is 5.26 Å². The summed E-state index contributed by atoms with van der Waals surface area (Å²) in [4.78, 5) is 22.0. The SMILES string of the molecule is Cn1c(=O)c(C#N)c(N2CC3CN(Cc4ccc(Cl)cc4)C[C@@H]3C2)c2nc(Cl)ccc21. The number of nitrogens with zero attached hydrogens (tertiary/aromatic N) is 5. The second-order valence-corrected chi connectivity index (χ2v) is 9.27. The molecule has 0 spiro atoms. The van der Waals surface area contributed by atoms with Gasteiger partial charge in [0.15, 0.2) is 0 Å². The van der Waals surface area contributed by atoms with Crippen LogP contribution in [-0.2, 0) is 13.6 Å². The van der Waals surface area contributed by atoms with Gasteiger partial charge in [0.2, 0.25) is 0 Å². The summed E-state index contributed by atoms with van der Waals surface area (Å²) in [7, 11) is 1.66. The molecule has 2 aromatic heterocycles. The highest BCUT2D eigenvalue weighted by Crippen LogP contribution is 2.38. The number of hydrogen-bond acceptors (Lipinski definition) is 5. The normalized spacial score (nSPS) is 20.9. The van der Waals surface area contributed by atoms with Crippen LogP contribution in [0, 0.1) is 23.2 Å².